The van der Waals surface area contributed by atoms with Crippen molar-refractivity contribution in [3.05, 3.63) is 67.2 Å². The number of carbonyl (C=O) groups is 1. The lowest BCUT2D eigenvalue weighted by atomic mass is 9.94. The van der Waals surface area contributed by atoms with Gasteiger partial charge < -0.3 is 10.1 Å². The van der Waals surface area contributed by atoms with E-state index < -0.39 is 11.2 Å². The maximum absolute atomic E-state index is 13.3. The number of benzene rings is 1. The van der Waals surface area contributed by atoms with Crippen LogP contribution < -0.4 is 16.6 Å². The molecule has 0 atom stereocenters. The highest BCUT2D eigenvalue weighted by Crippen LogP contribution is 2.37. The summed E-state index contributed by atoms with van der Waals surface area (Å²) in [6, 6.07) is 9.84. The fourth-order valence-electron chi connectivity index (χ4n) is 4.01. The second-order valence-electron chi connectivity index (χ2n) is 8.41. The minimum absolute atomic E-state index is 0.285. The number of nitrogens with one attached hydrogen (secondary N) is 1. The number of carbonyl (C=O) groups excluding carboxylic acids is 1. The zero-order valence-electron chi connectivity index (χ0n) is 18.1. The average molecular weight is 442 g/mol. The van der Waals surface area contributed by atoms with E-state index >= 15 is 0 Å². The summed E-state index contributed by atoms with van der Waals surface area (Å²) in [6.07, 6.45) is 1.29. The lowest BCUT2D eigenvalue weighted by Crippen LogP contribution is -2.44. The topological polar surface area (TPSA) is 82.3 Å². The van der Waals surface area contributed by atoms with Crippen LogP contribution in [0, 0.1) is 0 Å². The van der Waals surface area contributed by atoms with Crippen LogP contribution in [-0.2, 0) is 42.1 Å². The molecule has 7 nitrogen and oxygen atoms in total. The number of fused-ring (bicyclic) bond motifs is 3. The summed E-state index contributed by atoms with van der Waals surface area (Å²) in [4.78, 5) is 40.5. The van der Waals surface area contributed by atoms with Crippen molar-refractivity contribution in [1.82, 2.24) is 14.5 Å². The minimum atomic E-state index is -0.447. The van der Waals surface area contributed by atoms with Crippen molar-refractivity contribution in [2.75, 3.05) is 6.54 Å². The van der Waals surface area contributed by atoms with Crippen LogP contribution in [0.4, 0.5) is 0 Å². The van der Waals surface area contributed by atoms with E-state index in [4.69, 9.17) is 4.74 Å². The Morgan fingerprint density at radius 3 is 2.65 bits per heavy atom. The van der Waals surface area contributed by atoms with E-state index in [0.29, 0.717) is 42.8 Å². The Labute approximate surface area is 184 Å². The third kappa shape index (κ3) is 4.22. The van der Waals surface area contributed by atoms with Crippen molar-refractivity contribution in [3.63, 3.8) is 0 Å². The van der Waals surface area contributed by atoms with Gasteiger partial charge in [-0.05, 0) is 38.3 Å². The molecule has 0 unspecified atom stereocenters. The molecule has 0 fully saturated rings. The predicted molar refractivity (Wildman–Crippen MR) is 122 cm³/mol. The van der Waals surface area contributed by atoms with Gasteiger partial charge in [-0.15, -0.1) is 11.3 Å². The quantitative estimate of drug-likeness (QED) is 0.637. The maximum atomic E-state index is 13.3. The van der Waals surface area contributed by atoms with Crippen LogP contribution in [0.15, 0.2) is 39.9 Å². The van der Waals surface area contributed by atoms with Crippen molar-refractivity contribution < 1.29 is 9.53 Å². The molecule has 3 heterocycles. The molecule has 8 heteroatoms. The van der Waals surface area contributed by atoms with Crippen LogP contribution in [-0.4, -0.2) is 27.2 Å². The summed E-state index contributed by atoms with van der Waals surface area (Å²) in [5, 5.41) is 3.38. The summed E-state index contributed by atoms with van der Waals surface area (Å²) in [6.45, 7) is 6.87. The molecule has 0 saturated carbocycles. The number of ether oxygens (including phenoxy) is 1. The number of rotatable bonds is 6. The van der Waals surface area contributed by atoms with E-state index in [0.717, 1.165) is 20.6 Å². The van der Waals surface area contributed by atoms with E-state index in [-0.39, 0.29) is 18.1 Å². The fraction of sp³-hybridized carbons (Fsp3) is 0.435. The van der Waals surface area contributed by atoms with Crippen molar-refractivity contribution in [1.29, 1.82) is 0 Å². The molecule has 1 aliphatic heterocycles. The molecule has 0 radical (unpaired) electrons. The lowest BCUT2D eigenvalue weighted by Gasteiger charge is -2.29. The summed E-state index contributed by atoms with van der Waals surface area (Å²) in [7, 11) is 0. The molecule has 0 aliphatic carbocycles. The van der Waals surface area contributed by atoms with Crippen LogP contribution in [0.1, 0.15) is 36.8 Å². The van der Waals surface area contributed by atoms with Gasteiger partial charge in [0.2, 0.25) is 5.91 Å². The van der Waals surface area contributed by atoms with Gasteiger partial charge in [-0.2, -0.15) is 0 Å². The van der Waals surface area contributed by atoms with Gasteiger partial charge in [-0.3, -0.25) is 18.7 Å². The number of hydrogen-bond donors (Lipinski definition) is 1. The normalized spacial score (nSPS) is 15.1. The average Bonchev–Trinajstić information content (AvgIpc) is 3.09. The Morgan fingerprint density at radius 1 is 1.19 bits per heavy atom. The van der Waals surface area contributed by atoms with E-state index in [1.165, 1.54) is 11.3 Å². The molecular formula is C23H27N3O4S. The summed E-state index contributed by atoms with van der Waals surface area (Å²) in [5.41, 5.74) is 0.849. The van der Waals surface area contributed by atoms with Gasteiger partial charge in [0.25, 0.3) is 5.56 Å². The van der Waals surface area contributed by atoms with Gasteiger partial charge in [0.15, 0.2) is 0 Å². The number of aryl methyl sites for hydroxylation is 1. The first-order valence-electron chi connectivity index (χ1n) is 10.5. The Hall–Kier alpha value is -2.71. The Kier molecular flexibility index (Phi) is 5.85. The van der Waals surface area contributed by atoms with Gasteiger partial charge in [0.05, 0.1) is 17.6 Å². The number of hydrogen-bond acceptors (Lipinski definition) is 5. The van der Waals surface area contributed by atoms with E-state index in [2.05, 4.69) is 5.32 Å². The molecule has 0 bridgehead atoms. The first kappa shape index (κ1) is 21.5. The molecule has 0 saturated heterocycles. The highest BCUT2D eigenvalue weighted by molar-refractivity contribution is 7.18. The SMILES string of the molecule is CCn1c(=O)n(CC(=O)NCCc2ccccc2)c(=O)c2c3c(sc21)COC(C)(C)C3. The first-order chi connectivity index (χ1) is 14.8. The van der Waals surface area contributed by atoms with Gasteiger partial charge in [0, 0.05) is 24.4 Å². The van der Waals surface area contributed by atoms with Crippen LogP contribution in [0.2, 0.25) is 0 Å². The third-order valence-electron chi connectivity index (χ3n) is 5.63. The molecule has 3 aromatic rings. The first-order valence-corrected chi connectivity index (χ1v) is 11.3. The standard InChI is InChI=1S/C23H27N3O4S/c1-4-25-21-19(16-12-23(2,3)30-14-17(16)31-21)20(28)26(22(25)29)13-18(27)24-11-10-15-8-6-5-7-9-15/h5-9H,4,10-14H2,1-3H3,(H,24,27). The Balaban J connectivity index is 1.64. The molecule has 0 spiro atoms. The highest BCUT2D eigenvalue weighted by atomic mass is 32.1. The lowest BCUT2D eigenvalue weighted by molar-refractivity contribution is -0.121. The minimum Gasteiger partial charge on any atom is -0.370 e. The van der Waals surface area contributed by atoms with Crippen LogP contribution in [0.25, 0.3) is 10.2 Å². The maximum Gasteiger partial charge on any atom is 0.332 e. The van der Waals surface area contributed by atoms with E-state index in [1.807, 2.05) is 51.1 Å². The molecular weight excluding hydrogens is 414 g/mol. The van der Waals surface area contributed by atoms with E-state index in [1.54, 1.807) is 4.57 Å². The smallest absolute Gasteiger partial charge is 0.332 e. The van der Waals surface area contributed by atoms with Crippen LogP contribution in [0.3, 0.4) is 0 Å². The van der Waals surface area contributed by atoms with Gasteiger partial charge in [-0.1, -0.05) is 30.3 Å². The second kappa shape index (κ2) is 8.43. The summed E-state index contributed by atoms with van der Waals surface area (Å²) in [5.74, 6) is -0.343. The largest absolute Gasteiger partial charge is 0.370 e. The van der Waals surface area contributed by atoms with Crippen LogP contribution in [0.5, 0.6) is 0 Å². The monoisotopic (exact) mass is 441 g/mol. The van der Waals surface area contributed by atoms with Gasteiger partial charge in [-0.25, -0.2) is 4.79 Å². The zero-order chi connectivity index (χ0) is 22.2. The van der Waals surface area contributed by atoms with E-state index in [9.17, 15) is 14.4 Å². The summed E-state index contributed by atoms with van der Waals surface area (Å²) >= 11 is 1.44. The van der Waals surface area contributed by atoms with Crippen molar-refractivity contribution >= 4 is 27.5 Å². The highest BCUT2D eigenvalue weighted by Gasteiger charge is 2.31. The third-order valence-corrected chi connectivity index (χ3v) is 6.86. The molecule has 1 aromatic carbocycles. The number of thiophene rings is 1. The van der Waals surface area contributed by atoms with Crippen molar-refractivity contribution in [2.24, 2.45) is 0 Å². The molecule has 1 amide bonds. The predicted octanol–water partition coefficient (Wildman–Crippen LogP) is 2.45. The Bertz CT molecular complexity index is 1240. The number of aromatic nitrogens is 2. The number of amides is 1. The number of nitrogens with zero attached hydrogens (tertiary/aromatic N) is 2. The van der Waals surface area contributed by atoms with Crippen LogP contribution >= 0.6 is 11.3 Å². The second-order valence-corrected chi connectivity index (χ2v) is 9.50. The van der Waals surface area contributed by atoms with Crippen molar-refractivity contribution in [2.45, 2.75) is 58.9 Å². The summed E-state index contributed by atoms with van der Waals surface area (Å²) < 4.78 is 8.55. The molecule has 2 aromatic heterocycles. The van der Waals surface area contributed by atoms with Crippen molar-refractivity contribution in [3.8, 4) is 0 Å². The zero-order valence-corrected chi connectivity index (χ0v) is 18.9. The molecule has 4 rings (SSSR count). The molecule has 31 heavy (non-hydrogen) atoms. The molecule has 1 N–H and O–H groups in total. The Morgan fingerprint density at radius 2 is 1.94 bits per heavy atom. The fourth-order valence-corrected chi connectivity index (χ4v) is 5.29. The molecule has 164 valence electrons. The van der Waals surface area contributed by atoms with Gasteiger partial charge in [0.1, 0.15) is 11.4 Å². The van der Waals surface area contributed by atoms with Gasteiger partial charge >= 0.3 is 5.69 Å². The molecule has 1 aliphatic rings.